The minimum atomic E-state index is -1.17. The van der Waals surface area contributed by atoms with E-state index in [1.807, 2.05) is 13.0 Å². The number of benzene rings is 1. The average molecular weight is 253 g/mol. The summed E-state index contributed by atoms with van der Waals surface area (Å²) >= 11 is 6.01. The third-order valence-electron chi connectivity index (χ3n) is 3.54. The van der Waals surface area contributed by atoms with E-state index in [4.69, 9.17) is 11.6 Å². The lowest BCUT2D eigenvalue weighted by atomic mass is 9.79. The predicted molar refractivity (Wildman–Crippen MR) is 68.6 cm³/mol. The number of carbonyl (C=O) groups is 1. The molecule has 1 aliphatic carbocycles. The van der Waals surface area contributed by atoms with E-state index in [1.54, 1.807) is 12.1 Å². The van der Waals surface area contributed by atoms with Gasteiger partial charge in [0, 0.05) is 10.6 Å². The molecule has 0 bridgehead atoms. The first-order valence-corrected chi connectivity index (χ1v) is 6.44. The molecule has 1 aromatic carbocycles. The van der Waals surface area contributed by atoms with Crippen molar-refractivity contribution < 1.29 is 9.90 Å². The van der Waals surface area contributed by atoms with Gasteiger partial charge in [0.05, 0.1) is 0 Å². The SMILES string of the molecule is Cc1ccc(C(=O)C2(O)CCCCC2)cc1Cl. The van der Waals surface area contributed by atoms with Crippen LogP contribution in [-0.4, -0.2) is 16.5 Å². The Hall–Kier alpha value is -0.860. The Balaban J connectivity index is 2.26. The van der Waals surface area contributed by atoms with Crippen molar-refractivity contribution in [3.63, 3.8) is 0 Å². The molecule has 0 atom stereocenters. The number of halogens is 1. The van der Waals surface area contributed by atoms with Gasteiger partial charge in [-0.05, 0) is 31.4 Å². The Labute approximate surface area is 107 Å². The monoisotopic (exact) mass is 252 g/mol. The van der Waals surface area contributed by atoms with Gasteiger partial charge in [0.15, 0.2) is 5.78 Å². The Morgan fingerprint density at radius 3 is 2.53 bits per heavy atom. The number of aryl methyl sites for hydroxylation is 1. The fourth-order valence-electron chi connectivity index (χ4n) is 2.37. The molecule has 0 spiro atoms. The summed E-state index contributed by atoms with van der Waals surface area (Å²) in [6.45, 7) is 1.89. The second-order valence-electron chi connectivity index (χ2n) is 4.89. The zero-order valence-electron chi connectivity index (χ0n) is 10.0. The molecule has 2 rings (SSSR count). The second kappa shape index (κ2) is 4.79. The number of rotatable bonds is 2. The lowest BCUT2D eigenvalue weighted by Crippen LogP contribution is -2.40. The number of carbonyl (C=O) groups excluding carboxylic acids is 1. The zero-order chi connectivity index (χ0) is 12.5. The van der Waals surface area contributed by atoms with Gasteiger partial charge in [0.2, 0.25) is 0 Å². The van der Waals surface area contributed by atoms with Gasteiger partial charge in [-0.3, -0.25) is 4.79 Å². The van der Waals surface area contributed by atoms with Gasteiger partial charge in [-0.25, -0.2) is 0 Å². The van der Waals surface area contributed by atoms with Crippen LogP contribution in [0.5, 0.6) is 0 Å². The molecule has 0 unspecified atom stereocenters. The second-order valence-corrected chi connectivity index (χ2v) is 5.29. The average Bonchev–Trinajstić information content (AvgIpc) is 2.33. The standard InChI is InChI=1S/C14H17ClO2/c1-10-5-6-11(9-12(10)15)13(16)14(17)7-3-2-4-8-14/h5-6,9,17H,2-4,7-8H2,1H3. The van der Waals surface area contributed by atoms with Crippen LogP contribution in [0.15, 0.2) is 18.2 Å². The fourth-order valence-corrected chi connectivity index (χ4v) is 2.55. The highest BCUT2D eigenvalue weighted by atomic mass is 35.5. The predicted octanol–water partition coefficient (Wildman–Crippen LogP) is 3.53. The highest BCUT2D eigenvalue weighted by Gasteiger charge is 2.37. The molecule has 0 radical (unpaired) electrons. The van der Waals surface area contributed by atoms with Gasteiger partial charge in [-0.2, -0.15) is 0 Å². The first kappa shape index (κ1) is 12.6. The van der Waals surface area contributed by atoms with Crippen molar-refractivity contribution >= 4 is 17.4 Å². The van der Waals surface area contributed by atoms with E-state index in [0.717, 1.165) is 24.8 Å². The molecule has 1 saturated carbocycles. The molecule has 3 heteroatoms. The van der Waals surface area contributed by atoms with Crippen LogP contribution in [0.1, 0.15) is 48.0 Å². The summed E-state index contributed by atoms with van der Waals surface area (Å²) in [4.78, 5) is 12.3. The van der Waals surface area contributed by atoms with Crippen LogP contribution in [0.3, 0.4) is 0 Å². The quantitative estimate of drug-likeness (QED) is 0.818. The van der Waals surface area contributed by atoms with E-state index < -0.39 is 5.60 Å². The van der Waals surface area contributed by atoms with Crippen molar-refractivity contribution in [3.05, 3.63) is 34.3 Å². The number of Topliss-reactive ketones (excluding diaryl/α,β-unsaturated/α-hetero) is 1. The van der Waals surface area contributed by atoms with Crippen molar-refractivity contribution in [3.8, 4) is 0 Å². The van der Waals surface area contributed by atoms with E-state index in [2.05, 4.69) is 0 Å². The van der Waals surface area contributed by atoms with Gasteiger partial charge in [0.1, 0.15) is 5.60 Å². The summed E-state index contributed by atoms with van der Waals surface area (Å²) in [5.74, 6) is -0.181. The van der Waals surface area contributed by atoms with Crippen molar-refractivity contribution in [1.82, 2.24) is 0 Å². The van der Waals surface area contributed by atoms with Crippen LogP contribution in [0.4, 0.5) is 0 Å². The van der Waals surface area contributed by atoms with Crippen LogP contribution in [0.25, 0.3) is 0 Å². The Kier molecular flexibility index (Phi) is 3.55. The van der Waals surface area contributed by atoms with Crippen molar-refractivity contribution in [2.75, 3.05) is 0 Å². The molecule has 92 valence electrons. The maximum Gasteiger partial charge on any atom is 0.194 e. The number of hydrogen-bond donors (Lipinski definition) is 1. The Morgan fingerprint density at radius 1 is 1.29 bits per heavy atom. The van der Waals surface area contributed by atoms with Crippen LogP contribution in [0, 0.1) is 6.92 Å². The fraction of sp³-hybridized carbons (Fsp3) is 0.500. The lowest BCUT2D eigenvalue weighted by molar-refractivity contribution is 0.0116. The maximum atomic E-state index is 12.3. The molecular weight excluding hydrogens is 236 g/mol. The van der Waals surface area contributed by atoms with Crippen LogP contribution in [-0.2, 0) is 0 Å². The van der Waals surface area contributed by atoms with Crippen molar-refractivity contribution in [1.29, 1.82) is 0 Å². The minimum absolute atomic E-state index is 0.181. The van der Waals surface area contributed by atoms with Gasteiger partial charge in [0.25, 0.3) is 0 Å². The molecule has 2 nitrogen and oxygen atoms in total. The molecule has 0 aromatic heterocycles. The molecule has 0 amide bonds. The number of hydrogen-bond acceptors (Lipinski definition) is 2. The summed E-state index contributed by atoms with van der Waals surface area (Å²) < 4.78 is 0. The number of aliphatic hydroxyl groups is 1. The van der Waals surface area contributed by atoms with Gasteiger partial charge < -0.3 is 5.11 Å². The third-order valence-corrected chi connectivity index (χ3v) is 3.94. The number of ketones is 1. The van der Waals surface area contributed by atoms with E-state index in [9.17, 15) is 9.90 Å². The summed E-state index contributed by atoms with van der Waals surface area (Å²) in [6.07, 6.45) is 4.07. The van der Waals surface area contributed by atoms with Crippen LogP contribution in [0.2, 0.25) is 5.02 Å². The molecule has 17 heavy (non-hydrogen) atoms. The first-order valence-electron chi connectivity index (χ1n) is 6.06. The smallest absolute Gasteiger partial charge is 0.194 e. The summed E-state index contributed by atoms with van der Waals surface area (Å²) in [6, 6.07) is 5.23. The van der Waals surface area contributed by atoms with Gasteiger partial charge in [-0.1, -0.05) is 43.0 Å². The minimum Gasteiger partial charge on any atom is -0.382 e. The van der Waals surface area contributed by atoms with Gasteiger partial charge >= 0.3 is 0 Å². The summed E-state index contributed by atoms with van der Waals surface area (Å²) in [7, 11) is 0. The van der Waals surface area contributed by atoms with E-state index in [1.165, 1.54) is 0 Å². The maximum absolute atomic E-state index is 12.3. The van der Waals surface area contributed by atoms with Crippen molar-refractivity contribution in [2.45, 2.75) is 44.6 Å². The molecule has 1 aliphatic rings. The van der Waals surface area contributed by atoms with Crippen LogP contribution < -0.4 is 0 Å². The molecule has 1 fully saturated rings. The lowest BCUT2D eigenvalue weighted by Gasteiger charge is -2.30. The molecule has 0 aliphatic heterocycles. The van der Waals surface area contributed by atoms with E-state index in [0.29, 0.717) is 23.4 Å². The first-order chi connectivity index (χ1) is 8.03. The Bertz CT molecular complexity index is 434. The normalized spacial score (nSPS) is 19.0. The topological polar surface area (TPSA) is 37.3 Å². The third kappa shape index (κ3) is 2.53. The van der Waals surface area contributed by atoms with Crippen LogP contribution >= 0.6 is 11.6 Å². The largest absolute Gasteiger partial charge is 0.382 e. The highest BCUT2D eigenvalue weighted by molar-refractivity contribution is 6.31. The van der Waals surface area contributed by atoms with Gasteiger partial charge in [-0.15, -0.1) is 0 Å². The zero-order valence-corrected chi connectivity index (χ0v) is 10.8. The molecule has 0 heterocycles. The molecule has 1 N–H and O–H groups in total. The molecule has 0 saturated heterocycles. The summed E-state index contributed by atoms with van der Waals surface area (Å²) in [5.41, 5.74) is 0.292. The Morgan fingerprint density at radius 2 is 1.94 bits per heavy atom. The summed E-state index contributed by atoms with van der Waals surface area (Å²) in [5, 5.41) is 10.9. The molecular formula is C14H17ClO2. The van der Waals surface area contributed by atoms with E-state index >= 15 is 0 Å². The molecule has 1 aromatic rings. The van der Waals surface area contributed by atoms with E-state index in [-0.39, 0.29) is 5.78 Å². The van der Waals surface area contributed by atoms with Crippen molar-refractivity contribution in [2.24, 2.45) is 0 Å². The highest BCUT2D eigenvalue weighted by Crippen LogP contribution is 2.32.